The van der Waals surface area contributed by atoms with Crippen LogP contribution in [-0.4, -0.2) is 44.2 Å². The van der Waals surface area contributed by atoms with Crippen LogP contribution < -0.4 is 20.3 Å². The molecule has 0 bridgehead atoms. The molecule has 0 spiro atoms. The summed E-state index contributed by atoms with van der Waals surface area (Å²) in [5.41, 5.74) is 1.47. The maximum absolute atomic E-state index is 13.7. The molecule has 27 heavy (non-hydrogen) atoms. The monoisotopic (exact) mass is 485 g/mol. The fourth-order valence-electron chi connectivity index (χ4n) is 3.09. The number of halogens is 2. The van der Waals surface area contributed by atoms with Crippen molar-refractivity contribution < 1.29 is 9.13 Å². The maximum atomic E-state index is 13.7. The molecular formula is C19H25FIN5O. The molecule has 0 amide bonds. The molecule has 1 aliphatic rings. The molecule has 1 aromatic carbocycles. The second-order valence-corrected chi connectivity index (χ2v) is 6.11. The molecule has 6 nitrogen and oxygen atoms in total. The van der Waals surface area contributed by atoms with Crippen LogP contribution in [0.25, 0.3) is 0 Å². The van der Waals surface area contributed by atoms with Gasteiger partial charge in [0.25, 0.3) is 0 Å². The maximum Gasteiger partial charge on any atom is 0.191 e. The van der Waals surface area contributed by atoms with Gasteiger partial charge in [-0.3, -0.25) is 9.98 Å². The van der Waals surface area contributed by atoms with Crippen molar-refractivity contribution in [2.24, 2.45) is 4.99 Å². The van der Waals surface area contributed by atoms with Crippen LogP contribution in [0, 0.1) is 5.82 Å². The third-order valence-electron chi connectivity index (χ3n) is 4.44. The summed E-state index contributed by atoms with van der Waals surface area (Å²) in [7, 11) is 3.39. The topological polar surface area (TPSA) is 61.8 Å². The first-order valence-electron chi connectivity index (χ1n) is 8.66. The van der Waals surface area contributed by atoms with Crippen LogP contribution >= 0.6 is 24.0 Å². The van der Waals surface area contributed by atoms with E-state index < -0.39 is 0 Å². The van der Waals surface area contributed by atoms with Crippen LogP contribution in [0.3, 0.4) is 0 Å². The molecule has 1 aromatic heterocycles. The van der Waals surface area contributed by atoms with Crippen molar-refractivity contribution in [1.29, 1.82) is 0 Å². The average Bonchev–Trinajstić information content (AvgIpc) is 3.14. The van der Waals surface area contributed by atoms with E-state index in [1.54, 1.807) is 26.4 Å². The lowest BCUT2D eigenvalue weighted by Gasteiger charge is -2.22. The van der Waals surface area contributed by atoms with E-state index >= 15 is 0 Å². The summed E-state index contributed by atoms with van der Waals surface area (Å²) >= 11 is 0. The zero-order valence-corrected chi connectivity index (χ0v) is 17.8. The number of methoxy groups -OCH3 is 1. The van der Waals surface area contributed by atoms with Crippen molar-refractivity contribution in [2.75, 3.05) is 32.1 Å². The number of pyridine rings is 1. The largest absolute Gasteiger partial charge is 0.495 e. The van der Waals surface area contributed by atoms with Gasteiger partial charge in [0.15, 0.2) is 5.96 Å². The number of benzene rings is 1. The minimum absolute atomic E-state index is 0. The van der Waals surface area contributed by atoms with Crippen LogP contribution in [0.5, 0.6) is 5.75 Å². The van der Waals surface area contributed by atoms with Crippen molar-refractivity contribution >= 4 is 35.6 Å². The van der Waals surface area contributed by atoms with Gasteiger partial charge in [0.1, 0.15) is 11.6 Å². The average molecular weight is 485 g/mol. The van der Waals surface area contributed by atoms with Crippen LogP contribution in [0.4, 0.5) is 10.1 Å². The zero-order valence-electron chi connectivity index (χ0n) is 15.5. The number of nitrogens with zero attached hydrogens (tertiary/aromatic N) is 3. The normalized spacial score (nSPS) is 16.6. The van der Waals surface area contributed by atoms with E-state index in [0.29, 0.717) is 11.7 Å². The Morgan fingerprint density at radius 1 is 1.33 bits per heavy atom. The Kier molecular flexibility index (Phi) is 8.08. The van der Waals surface area contributed by atoms with E-state index in [1.165, 1.54) is 6.07 Å². The number of rotatable bonds is 5. The van der Waals surface area contributed by atoms with Gasteiger partial charge in [0.2, 0.25) is 0 Å². The Bertz CT molecular complexity index is 773. The molecule has 3 rings (SSSR count). The third kappa shape index (κ3) is 5.44. The predicted octanol–water partition coefficient (Wildman–Crippen LogP) is 2.79. The first-order chi connectivity index (χ1) is 12.7. The van der Waals surface area contributed by atoms with Crippen molar-refractivity contribution in [3.05, 3.63) is 54.1 Å². The second kappa shape index (κ2) is 10.3. The molecule has 1 atom stereocenters. The summed E-state index contributed by atoms with van der Waals surface area (Å²) in [5, 5.41) is 6.52. The van der Waals surface area contributed by atoms with E-state index in [2.05, 4.69) is 31.6 Å². The summed E-state index contributed by atoms with van der Waals surface area (Å²) in [6, 6.07) is 11.3. The van der Waals surface area contributed by atoms with Gasteiger partial charge in [0.05, 0.1) is 25.0 Å². The number of anilines is 1. The van der Waals surface area contributed by atoms with Gasteiger partial charge >= 0.3 is 0 Å². The SMILES string of the molecule is CN=C(NCc1ncccc1F)NC1CCN(c2ccccc2OC)C1.I. The van der Waals surface area contributed by atoms with Crippen LogP contribution in [0.15, 0.2) is 47.6 Å². The highest BCUT2D eigenvalue weighted by atomic mass is 127. The lowest BCUT2D eigenvalue weighted by Crippen LogP contribution is -2.44. The highest BCUT2D eigenvalue weighted by molar-refractivity contribution is 14.0. The zero-order chi connectivity index (χ0) is 18.4. The molecule has 1 fully saturated rings. The Balaban J connectivity index is 0.00000261. The molecule has 0 radical (unpaired) electrons. The van der Waals surface area contributed by atoms with E-state index in [4.69, 9.17) is 4.74 Å². The smallest absolute Gasteiger partial charge is 0.191 e. The number of ether oxygens (including phenoxy) is 1. The van der Waals surface area contributed by atoms with Gasteiger partial charge in [-0.15, -0.1) is 24.0 Å². The van der Waals surface area contributed by atoms with Crippen molar-refractivity contribution in [3.8, 4) is 5.75 Å². The Morgan fingerprint density at radius 2 is 2.15 bits per heavy atom. The van der Waals surface area contributed by atoms with E-state index in [-0.39, 0.29) is 42.4 Å². The number of aliphatic imine (C=N–C) groups is 1. The summed E-state index contributed by atoms with van der Waals surface area (Å²) < 4.78 is 19.1. The van der Waals surface area contributed by atoms with Crippen molar-refractivity contribution in [2.45, 2.75) is 19.0 Å². The van der Waals surface area contributed by atoms with Gasteiger partial charge in [-0.2, -0.15) is 0 Å². The number of aromatic nitrogens is 1. The minimum Gasteiger partial charge on any atom is -0.495 e. The first-order valence-corrected chi connectivity index (χ1v) is 8.66. The van der Waals surface area contributed by atoms with Crippen LogP contribution in [0.2, 0.25) is 0 Å². The van der Waals surface area contributed by atoms with Crippen LogP contribution in [-0.2, 0) is 6.54 Å². The van der Waals surface area contributed by atoms with Gasteiger partial charge < -0.3 is 20.3 Å². The molecule has 1 unspecified atom stereocenters. The summed E-state index contributed by atoms with van der Waals surface area (Å²) in [6.45, 7) is 2.07. The number of guanidine groups is 1. The molecule has 2 heterocycles. The fourth-order valence-corrected chi connectivity index (χ4v) is 3.09. The number of para-hydroxylation sites is 2. The third-order valence-corrected chi connectivity index (χ3v) is 4.44. The van der Waals surface area contributed by atoms with Gasteiger partial charge in [-0.1, -0.05) is 12.1 Å². The molecule has 0 saturated carbocycles. The highest BCUT2D eigenvalue weighted by Crippen LogP contribution is 2.30. The standard InChI is InChI=1S/C19H24FN5O.HI/c1-21-19(23-12-16-15(20)6-5-10-22-16)24-14-9-11-25(13-14)17-7-3-4-8-18(17)26-2;/h3-8,10,14H,9,11-13H2,1-2H3,(H2,21,23,24);1H. The molecule has 8 heteroatoms. The first kappa shape index (κ1) is 21.2. The quantitative estimate of drug-likeness (QED) is 0.388. The van der Waals surface area contributed by atoms with Crippen molar-refractivity contribution in [3.63, 3.8) is 0 Å². The molecule has 146 valence electrons. The number of nitrogens with one attached hydrogen (secondary N) is 2. The fraction of sp³-hybridized carbons (Fsp3) is 0.368. The second-order valence-electron chi connectivity index (χ2n) is 6.11. The molecular weight excluding hydrogens is 460 g/mol. The van der Waals surface area contributed by atoms with E-state index in [9.17, 15) is 4.39 Å². The number of hydrogen-bond donors (Lipinski definition) is 2. The summed E-state index contributed by atoms with van der Waals surface area (Å²) in [4.78, 5) is 10.6. The molecule has 1 saturated heterocycles. The number of hydrogen-bond acceptors (Lipinski definition) is 4. The Hall–Kier alpha value is -2.10. The molecule has 2 aromatic rings. The van der Waals surface area contributed by atoms with E-state index in [1.807, 2.05) is 18.2 Å². The van der Waals surface area contributed by atoms with Gasteiger partial charge in [0, 0.05) is 32.4 Å². The van der Waals surface area contributed by atoms with Gasteiger partial charge in [-0.25, -0.2) is 4.39 Å². The highest BCUT2D eigenvalue weighted by Gasteiger charge is 2.25. The Labute approximate surface area is 176 Å². The Morgan fingerprint density at radius 3 is 2.89 bits per heavy atom. The summed E-state index contributed by atoms with van der Waals surface area (Å²) in [6.07, 6.45) is 2.56. The molecule has 2 N–H and O–H groups in total. The van der Waals surface area contributed by atoms with Crippen LogP contribution in [0.1, 0.15) is 12.1 Å². The van der Waals surface area contributed by atoms with Gasteiger partial charge in [-0.05, 0) is 30.7 Å². The molecule has 0 aliphatic carbocycles. The predicted molar refractivity (Wildman–Crippen MR) is 117 cm³/mol. The summed E-state index contributed by atoms with van der Waals surface area (Å²) in [5.74, 6) is 1.20. The van der Waals surface area contributed by atoms with E-state index in [0.717, 1.165) is 30.9 Å². The molecule has 1 aliphatic heterocycles. The van der Waals surface area contributed by atoms with Crippen molar-refractivity contribution in [1.82, 2.24) is 15.6 Å². The minimum atomic E-state index is -0.321. The lowest BCUT2D eigenvalue weighted by molar-refractivity contribution is 0.415. The lowest BCUT2D eigenvalue weighted by atomic mass is 10.2.